The first kappa shape index (κ1) is 15.2. The number of hydrogen-bond acceptors (Lipinski definition) is 2. The third-order valence-electron chi connectivity index (χ3n) is 7.00. The van der Waals surface area contributed by atoms with Crippen molar-refractivity contribution >= 4 is 6.29 Å². The molecular weight excluding hydrogens is 308 g/mol. The van der Waals surface area contributed by atoms with Crippen molar-refractivity contribution in [3.63, 3.8) is 0 Å². The molecule has 2 aromatic rings. The molecule has 4 aliphatic carbocycles. The summed E-state index contributed by atoms with van der Waals surface area (Å²) in [5.41, 5.74) is 4.29. The van der Waals surface area contributed by atoms with Gasteiger partial charge in [0, 0.05) is 11.1 Å². The molecule has 4 fully saturated rings. The number of rotatable bonds is 3. The van der Waals surface area contributed by atoms with Crippen LogP contribution in [0.4, 0.5) is 0 Å². The fourth-order valence-corrected chi connectivity index (χ4v) is 6.30. The fourth-order valence-electron chi connectivity index (χ4n) is 6.30. The van der Waals surface area contributed by atoms with Crippen LogP contribution in [0.3, 0.4) is 0 Å². The average Bonchev–Trinajstić information content (AvgIpc) is 2.61. The second-order valence-corrected chi connectivity index (χ2v) is 8.67. The van der Waals surface area contributed by atoms with E-state index < -0.39 is 0 Å². The summed E-state index contributed by atoms with van der Waals surface area (Å²) in [5, 5.41) is 10.4. The maximum absolute atomic E-state index is 10.9. The SMILES string of the molecule is O=Cc1ccc(-c2cc(C34CC5CC(CC(C5)C3)C4)ccc2O)cc1. The average molecular weight is 332 g/mol. The molecule has 128 valence electrons. The predicted octanol–water partition coefficient (Wildman–Crippen LogP) is 5.34. The number of carbonyl (C=O) groups excluding carboxylic acids is 1. The Morgan fingerprint density at radius 2 is 1.48 bits per heavy atom. The Balaban J connectivity index is 1.56. The van der Waals surface area contributed by atoms with E-state index in [0.717, 1.165) is 35.2 Å². The molecule has 6 rings (SSSR count). The molecule has 0 amide bonds. The van der Waals surface area contributed by atoms with E-state index in [2.05, 4.69) is 12.1 Å². The van der Waals surface area contributed by atoms with Crippen LogP contribution in [-0.4, -0.2) is 11.4 Å². The van der Waals surface area contributed by atoms with Gasteiger partial charge in [-0.15, -0.1) is 0 Å². The Morgan fingerprint density at radius 3 is 2.04 bits per heavy atom. The van der Waals surface area contributed by atoms with Gasteiger partial charge in [-0.1, -0.05) is 30.3 Å². The molecule has 1 N–H and O–H groups in total. The third-order valence-corrected chi connectivity index (χ3v) is 7.00. The van der Waals surface area contributed by atoms with Crippen LogP contribution in [0.15, 0.2) is 42.5 Å². The molecule has 4 aliphatic rings. The summed E-state index contributed by atoms with van der Waals surface area (Å²) in [7, 11) is 0. The van der Waals surface area contributed by atoms with E-state index >= 15 is 0 Å². The molecule has 2 heteroatoms. The number of aldehydes is 1. The Hall–Kier alpha value is -2.09. The van der Waals surface area contributed by atoms with Crippen molar-refractivity contribution in [1.82, 2.24) is 0 Å². The summed E-state index contributed by atoms with van der Waals surface area (Å²) in [6.45, 7) is 0. The van der Waals surface area contributed by atoms with Crippen molar-refractivity contribution < 1.29 is 9.90 Å². The van der Waals surface area contributed by atoms with Crippen molar-refractivity contribution in [2.24, 2.45) is 17.8 Å². The first-order valence-electron chi connectivity index (χ1n) is 9.54. The summed E-state index contributed by atoms with van der Waals surface area (Å²) in [6.07, 6.45) is 9.16. The highest BCUT2D eigenvalue weighted by atomic mass is 16.3. The highest BCUT2D eigenvalue weighted by molar-refractivity contribution is 5.78. The summed E-state index contributed by atoms with van der Waals surface area (Å²) in [6, 6.07) is 13.8. The molecule has 2 nitrogen and oxygen atoms in total. The van der Waals surface area contributed by atoms with E-state index in [-0.39, 0.29) is 0 Å². The van der Waals surface area contributed by atoms with Gasteiger partial charge in [0.1, 0.15) is 12.0 Å². The minimum Gasteiger partial charge on any atom is -0.507 e. The largest absolute Gasteiger partial charge is 0.507 e. The number of hydrogen-bond donors (Lipinski definition) is 1. The van der Waals surface area contributed by atoms with Crippen LogP contribution in [0.5, 0.6) is 5.75 Å². The van der Waals surface area contributed by atoms with Gasteiger partial charge in [0.15, 0.2) is 0 Å². The molecule has 4 bridgehead atoms. The Bertz CT molecular complexity index is 783. The van der Waals surface area contributed by atoms with Crippen LogP contribution in [-0.2, 0) is 5.41 Å². The molecular formula is C23H24O2. The van der Waals surface area contributed by atoms with Gasteiger partial charge in [0.05, 0.1) is 0 Å². The standard InChI is InChI=1S/C23H24O2/c24-14-15-1-3-19(4-2-15)21-10-20(5-6-22(21)25)23-11-16-7-17(12-23)9-18(8-16)13-23/h1-6,10,14,16-18,25H,7-9,11-13H2. The molecule has 25 heavy (non-hydrogen) atoms. The van der Waals surface area contributed by atoms with Crippen LogP contribution in [0.2, 0.25) is 0 Å². The molecule has 0 saturated heterocycles. The molecule has 0 heterocycles. The lowest BCUT2D eigenvalue weighted by atomic mass is 9.48. The molecule has 0 spiro atoms. The highest BCUT2D eigenvalue weighted by Crippen LogP contribution is 2.61. The van der Waals surface area contributed by atoms with Gasteiger partial charge >= 0.3 is 0 Å². The summed E-state index contributed by atoms with van der Waals surface area (Å²) < 4.78 is 0. The van der Waals surface area contributed by atoms with Crippen molar-refractivity contribution in [3.8, 4) is 16.9 Å². The third kappa shape index (κ3) is 2.42. The highest BCUT2D eigenvalue weighted by Gasteiger charge is 2.51. The molecule has 0 unspecified atom stereocenters. The van der Waals surface area contributed by atoms with E-state index in [1.807, 2.05) is 30.3 Å². The zero-order valence-corrected chi connectivity index (χ0v) is 14.4. The van der Waals surface area contributed by atoms with Crippen LogP contribution in [0.1, 0.15) is 54.4 Å². The number of phenols is 1. The molecule has 2 aromatic carbocycles. The minimum atomic E-state index is 0.326. The second-order valence-electron chi connectivity index (χ2n) is 8.67. The van der Waals surface area contributed by atoms with Gasteiger partial charge in [0.25, 0.3) is 0 Å². The summed E-state index contributed by atoms with van der Waals surface area (Å²) in [5.74, 6) is 3.06. The van der Waals surface area contributed by atoms with Gasteiger partial charge in [-0.2, -0.15) is 0 Å². The maximum Gasteiger partial charge on any atom is 0.150 e. The summed E-state index contributed by atoms with van der Waals surface area (Å²) in [4.78, 5) is 10.9. The van der Waals surface area contributed by atoms with Crippen molar-refractivity contribution in [2.45, 2.75) is 43.9 Å². The second kappa shape index (κ2) is 5.45. The normalized spacial score (nSPS) is 32.7. The molecule has 0 aliphatic heterocycles. The molecule has 4 saturated carbocycles. The van der Waals surface area contributed by atoms with E-state index in [1.165, 1.54) is 44.1 Å². The van der Waals surface area contributed by atoms with Crippen molar-refractivity contribution in [3.05, 3.63) is 53.6 Å². The first-order valence-corrected chi connectivity index (χ1v) is 9.54. The van der Waals surface area contributed by atoms with Gasteiger partial charge in [-0.25, -0.2) is 0 Å². The predicted molar refractivity (Wildman–Crippen MR) is 98.8 cm³/mol. The Kier molecular flexibility index (Phi) is 3.31. The molecule has 0 aromatic heterocycles. The van der Waals surface area contributed by atoms with Crippen LogP contribution >= 0.6 is 0 Å². The lowest BCUT2D eigenvalue weighted by Crippen LogP contribution is -2.48. The van der Waals surface area contributed by atoms with Gasteiger partial charge in [-0.05, 0) is 85.0 Å². The fraction of sp³-hybridized carbons (Fsp3) is 0.435. The minimum absolute atomic E-state index is 0.326. The first-order chi connectivity index (χ1) is 12.1. The number of aromatic hydroxyl groups is 1. The van der Waals surface area contributed by atoms with Crippen LogP contribution in [0, 0.1) is 17.8 Å². The lowest BCUT2D eigenvalue weighted by molar-refractivity contribution is -0.00518. The maximum atomic E-state index is 10.9. The summed E-state index contributed by atoms with van der Waals surface area (Å²) >= 11 is 0. The zero-order chi connectivity index (χ0) is 17.0. The Morgan fingerprint density at radius 1 is 0.880 bits per heavy atom. The van der Waals surface area contributed by atoms with Gasteiger partial charge in [-0.3, -0.25) is 4.79 Å². The van der Waals surface area contributed by atoms with Crippen molar-refractivity contribution in [2.75, 3.05) is 0 Å². The molecule has 0 atom stereocenters. The van der Waals surface area contributed by atoms with E-state index in [0.29, 0.717) is 16.7 Å². The van der Waals surface area contributed by atoms with Gasteiger partial charge in [0.2, 0.25) is 0 Å². The van der Waals surface area contributed by atoms with E-state index in [4.69, 9.17) is 0 Å². The topological polar surface area (TPSA) is 37.3 Å². The zero-order valence-electron chi connectivity index (χ0n) is 14.4. The number of carbonyl (C=O) groups is 1. The smallest absolute Gasteiger partial charge is 0.150 e. The van der Waals surface area contributed by atoms with E-state index in [9.17, 15) is 9.90 Å². The lowest BCUT2D eigenvalue weighted by Gasteiger charge is -2.57. The molecule has 0 radical (unpaired) electrons. The monoisotopic (exact) mass is 332 g/mol. The quantitative estimate of drug-likeness (QED) is 0.770. The number of phenolic OH excluding ortho intramolecular Hbond substituents is 1. The van der Waals surface area contributed by atoms with Crippen LogP contribution < -0.4 is 0 Å². The number of benzene rings is 2. The Labute approximate surface area is 148 Å². The van der Waals surface area contributed by atoms with E-state index in [1.54, 1.807) is 0 Å². The van der Waals surface area contributed by atoms with Crippen molar-refractivity contribution in [1.29, 1.82) is 0 Å². The van der Waals surface area contributed by atoms with Gasteiger partial charge < -0.3 is 5.11 Å². The van der Waals surface area contributed by atoms with Crippen LogP contribution in [0.25, 0.3) is 11.1 Å².